The molecule has 0 saturated carbocycles. The van der Waals surface area contributed by atoms with Gasteiger partial charge in [0.1, 0.15) is 5.75 Å². The van der Waals surface area contributed by atoms with E-state index in [1.165, 1.54) is 24.3 Å². The first kappa shape index (κ1) is 14.1. The van der Waals surface area contributed by atoms with Crippen LogP contribution in [0.3, 0.4) is 0 Å². The Morgan fingerprint density at radius 3 is 2.35 bits per heavy atom. The van der Waals surface area contributed by atoms with E-state index in [0.29, 0.717) is 0 Å². The number of aliphatic carboxylic acids is 1. The number of carbonyl (C=O) groups excluding carboxylic acids is 1. The van der Waals surface area contributed by atoms with Crippen LogP contribution in [0, 0.1) is 0 Å². The molecule has 1 aromatic rings. The van der Waals surface area contributed by atoms with Crippen LogP contribution in [0.5, 0.6) is 5.75 Å². The lowest BCUT2D eigenvalue weighted by Crippen LogP contribution is -2.42. The average Bonchev–Trinajstić information content (AvgIpc) is 2.34. The van der Waals surface area contributed by atoms with Gasteiger partial charge in [-0.25, -0.2) is 4.79 Å². The summed E-state index contributed by atoms with van der Waals surface area (Å²) in [7, 11) is 0. The number of rotatable bonds is 2. The lowest BCUT2D eigenvalue weighted by atomic mass is 9.90. The molecule has 7 heteroatoms. The van der Waals surface area contributed by atoms with E-state index in [9.17, 15) is 22.8 Å². The van der Waals surface area contributed by atoms with Gasteiger partial charge in [0.25, 0.3) is 0 Å². The van der Waals surface area contributed by atoms with E-state index in [0.717, 1.165) is 6.92 Å². The monoisotopic (exact) mass is 286 g/mol. The molecule has 1 aliphatic rings. The Bertz CT molecular complexity index is 616. The van der Waals surface area contributed by atoms with Gasteiger partial charge in [0, 0.05) is 11.1 Å². The van der Waals surface area contributed by atoms with Gasteiger partial charge in [0.15, 0.2) is 5.78 Å². The number of fused-ring (bicyclic) bond motifs is 1. The number of hydrogen-bond acceptors (Lipinski definition) is 3. The Morgan fingerprint density at radius 2 is 1.85 bits per heavy atom. The summed E-state index contributed by atoms with van der Waals surface area (Å²) in [5, 5.41) is 9.03. The Hall–Kier alpha value is -2.31. The number of allylic oxidation sites excluding steroid dienone is 1. The molecule has 0 aromatic heterocycles. The van der Waals surface area contributed by atoms with Crippen LogP contribution in [0.2, 0.25) is 0 Å². The molecule has 1 N–H and O–H groups in total. The summed E-state index contributed by atoms with van der Waals surface area (Å²) in [6.45, 7) is 1.02. The maximum Gasteiger partial charge on any atom is 0.430 e. The van der Waals surface area contributed by atoms with Crippen LogP contribution in [-0.4, -0.2) is 29.1 Å². The first-order valence-corrected chi connectivity index (χ1v) is 5.54. The van der Waals surface area contributed by atoms with Gasteiger partial charge in [-0.15, -0.1) is 0 Å². The van der Waals surface area contributed by atoms with Gasteiger partial charge in [-0.1, -0.05) is 18.2 Å². The Labute approximate surface area is 111 Å². The van der Waals surface area contributed by atoms with E-state index in [2.05, 4.69) is 0 Å². The van der Waals surface area contributed by atoms with Crippen molar-refractivity contribution in [2.45, 2.75) is 19.2 Å². The molecule has 0 fully saturated rings. The number of benzene rings is 1. The number of alkyl halides is 3. The molecule has 4 nitrogen and oxygen atoms in total. The minimum atomic E-state index is -4.93. The predicted molar refractivity (Wildman–Crippen MR) is 62.1 cm³/mol. The lowest BCUT2D eigenvalue weighted by molar-refractivity contribution is -0.187. The molecule has 106 valence electrons. The van der Waals surface area contributed by atoms with Crippen molar-refractivity contribution in [3.63, 3.8) is 0 Å². The Balaban J connectivity index is 2.78. The summed E-state index contributed by atoms with van der Waals surface area (Å²) in [5.41, 5.74) is -1.50. The van der Waals surface area contributed by atoms with E-state index in [-0.39, 0.29) is 11.3 Å². The molecule has 0 saturated heterocycles. The predicted octanol–water partition coefficient (Wildman–Crippen LogP) is 2.44. The Kier molecular flexibility index (Phi) is 3.29. The third-order valence-electron chi connectivity index (χ3n) is 2.81. The number of Topliss-reactive ketones (excluding diaryl/α,β-unsaturated/α-hetero) is 1. The van der Waals surface area contributed by atoms with Crippen LogP contribution in [0.1, 0.15) is 12.5 Å². The largest absolute Gasteiger partial charge is 0.478 e. The molecule has 1 atom stereocenters. The van der Waals surface area contributed by atoms with Crippen LogP contribution < -0.4 is 4.74 Å². The number of para-hydroxylation sites is 1. The van der Waals surface area contributed by atoms with Crippen LogP contribution in [-0.2, 0) is 9.59 Å². The van der Waals surface area contributed by atoms with E-state index in [1.807, 2.05) is 0 Å². The molecule has 0 spiro atoms. The number of hydrogen-bond donors (Lipinski definition) is 1. The fraction of sp³-hybridized carbons (Fsp3) is 0.231. The highest BCUT2D eigenvalue weighted by atomic mass is 19.4. The van der Waals surface area contributed by atoms with E-state index >= 15 is 0 Å². The van der Waals surface area contributed by atoms with E-state index < -0.39 is 35.2 Å². The zero-order valence-electron chi connectivity index (χ0n) is 10.2. The SMILES string of the molecule is CC(=O)C1=C(C(=O)O)C(C(F)(F)F)Oc2ccccc21. The molecule has 0 amide bonds. The topological polar surface area (TPSA) is 63.6 Å². The van der Waals surface area contributed by atoms with Gasteiger partial charge in [-0.3, -0.25) is 4.79 Å². The van der Waals surface area contributed by atoms with Crippen molar-refractivity contribution in [3.05, 3.63) is 35.4 Å². The van der Waals surface area contributed by atoms with Crippen molar-refractivity contribution in [2.24, 2.45) is 0 Å². The maximum atomic E-state index is 12.9. The molecule has 1 aliphatic heterocycles. The fourth-order valence-electron chi connectivity index (χ4n) is 2.07. The minimum Gasteiger partial charge on any atom is -0.478 e. The summed E-state index contributed by atoms with van der Waals surface area (Å²) in [5.74, 6) is -2.75. The van der Waals surface area contributed by atoms with Gasteiger partial charge in [0.2, 0.25) is 6.10 Å². The molecule has 0 radical (unpaired) electrons. The van der Waals surface area contributed by atoms with Crippen molar-refractivity contribution < 1.29 is 32.6 Å². The number of carboxylic acids is 1. The van der Waals surface area contributed by atoms with E-state index in [4.69, 9.17) is 9.84 Å². The first-order valence-electron chi connectivity index (χ1n) is 5.54. The lowest BCUT2D eigenvalue weighted by Gasteiger charge is -2.29. The molecular weight excluding hydrogens is 277 g/mol. The number of ketones is 1. The zero-order valence-corrected chi connectivity index (χ0v) is 10.2. The summed E-state index contributed by atoms with van der Waals surface area (Å²) < 4.78 is 43.6. The highest BCUT2D eigenvalue weighted by Gasteiger charge is 2.50. The second-order valence-corrected chi connectivity index (χ2v) is 4.19. The van der Waals surface area contributed by atoms with E-state index in [1.54, 1.807) is 0 Å². The molecule has 2 rings (SSSR count). The summed E-state index contributed by atoms with van der Waals surface area (Å²) in [6.07, 6.45) is -7.59. The van der Waals surface area contributed by atoms with Crippen molar-refractivity contribution in [2.75, 3.05) is 0 Å². The molecule has 0 aliphatic carbocycles. The molecule has 1 aromatic carbocycles. The van der Waals surface area contributed by atoms with Crippen LogP contribution in [0.25, 0.3) is 5.57 Å². The second kappa shape index (κ2) is 4.66. The molecular formula is C13H9F3O4. The van der Waals surface area contributed by atoms with Gasteiger partial charge in [-0.2, -0.15) is 13.2 Å². The third-order valence-corrected chi connectivity index (χ3v) is 2.81. The molecule has 1 unspecified atom stereocenters. The highest BCUT2D eigenvalue weighted by molar-refractivity contribution is 6.26. The number of carboxylic acid groups (broad SMARTS) is 1. The minimum absolute atomic E-state index is 0.0536. The number of ether oxygens (including phenoxy) is 1. The number of halogens is 3. The molecule has 20 heavy (non-hydrogen) atoms. The van der Waals surface area contributed by atoms with Crippen molar-refractivity contribution in [1.29, 1.82) is 0 Å². The normalized spacial score (nSPS) is 18.3. The second-order valence-electron chi connectivity index (χ2n) is 4.19. The maximum absolute atomic E-state index is 12.9. The molecule has 1 heterocycles. The quantitative estimate of drug-likeness (QED) is 0.907. The van der Waals surface area contributed by atoms with Gasteiger partial charge < -0.3 is 9.84 Å². The zero-order chi connectivity index (χ0) is 15.1. The fourth-order valence-corrected chi connectivity index (χ4v) is 2.07. The average molecular weight is 286 g/mol. The van der Waals surface area contributed by atoms with Crippen LogP contribution in [0.15, 0.2) is 29.8 Å². The Morgan fingerprint density at radius 1 is 1.25 bits per heavy atom. The van der Waals surface area contributed by atoms with Gasteiger partial charge in [0.05, 0.1) is 5.57 Å². The van der Waals surface area contributed by atoms with Crippen LogP contribution in [0.4, 0.5) is 13.2 Å². The number of carbonyl (C=O) groups is 2. The van der Waals surface area contributed by atoms with Crippen molar-refractivity contribution in [3.8, 4) is 5.75 Å². The first-order chi connectivity index (χ1) is 9.23. The van der Waals surface area contributed by atoms with Gasteiger partial charge >= 0.3 is 12.1 Å². The third kappa shape index (κ3) is 2.26. The smallest absolute Gasteiger partial charge is 0.430 e. The van der Waals surface area contributed by atoms with Crippen molar-refractivity contribution in [1.82, 2.24) is 0 Å². The van der Waals surface area contributed by atoms with Crippen LogP contribution >= 0.6 is 0 Å². The standard InChI is InChI=1S/C13H9F3O4/c1-6(17)9-7-4-2-3-5-8(7)20-11(13(14,15)16)10(9)12(18)19/h2-5,11H,1H3,(H,18,19). The summed E-state index contributed by atoms with van der Waals surface area (Å²) >= 11 is 0. The summed E-state index contributed by atoms with van der Waals surface area (Å²) in [4.78, 5) is 22.8. The molecule has 0 bridgehead atoms. The highest BCUT2D eigenvalue weighted by Crippen LogP contribution is 2.41. The van der Waals surface area contributed by atoms with Gasteiger partial charge in [-0.05, 0) is 13.0 Å². The van der Waals surface area contributed by atoms with Crippen molar-refractivity contribution >= 4 is 17.3 Å². The summed E-state index contributed by atoms with van der Waals surface area (Å²) in [6, 6.07) is 5.53.